The minimum Gasteiger partial charge on any atom is -0.468 e. The summed E-state index contributed by atoms with van der Waals surface area (Å²) in [5.41, 5.74) is 0. The van der Waals surface area contributed by atoms with Gasteiger partial charge in [0.15, 0.2) is 5.96 Å². The molecule has 26 heavy (non-hydrogen) atoms. The Bertz CT molecular complexity index is 525. The third-order valence-corrected chi connectivity index (χ3v) is 4.57. The van der Waals surface area contributed by atoms with Gasteiger partial charge in [0.05, 0.1) is 12.3 Å². The van der Waals surface area contributed by atoms with E-state index in [1.165, 1.54) is 19.3 Å². The van der Waals surface area contributed by atoms with Crippen LogP contribution in [-0.4, -0.2) is 50.3 Å². The second-order valence-corrected chi connectivity index (χ2v) is 6.58. The molecule has 1 aliphatic heterocycles. The maximum Gasteiger partial charge on any atom is 0.389 e. The number of furan rings is 1. The number of likely N-dealkylation sites (tertiary alicyclic amines) is 1. The van der Waals surface area contributed by atoms with Crippen molar-refractivity contribution in [3.8, 4) is 0 Å². The summed E-state index contributed by atoms with van der Waals surface area (Å²) in [5, 5.41) is 6.36. The van der Waals surface area contributed by atoms with E-state index in [1.54, 1.807) is 13.3 Å². The van der Waals surface area contributed by atoms with Crippen LogP contribution in [0.25, 0.3) is 0 Å². The topological polar surface area (TPSA) is 52.8 Å². The monoisotopic (exact) mass is 374 g/mol. The number of halogens is 3. The van der Waals surface area contributed by atoms with Crippen LogP contribution in [0.4, 0.5) is 13.2 Å². The zero-order valence-electron chi connectivity index (χ0n) is 15.3. The molecule has 0 saturated carbocycles. The van der Waals surface area contributed by atoms with E-state index in [-0.39, 0.29) is 12.5 Å². The fourth-order valence-electron chi connectivity index (χ4n) is 3.19. The molecule has 0 spiro atoms. The summed E-state index contributed by atoms with van der Waals surface area (Å²) in [4.78, 5) is 6.56. The fourth-order valence-corrected chi connectivity index (χ4v) is 3.19. The molecule has 1 unspecified atom stereocenters. The molecule has 8 heteroatoms. The number of nitrogens with zero attached hydrogens (tertiary/aromatic N) is 2. The number of guanidine groups is 1. The second-order valence-electron chi connectivity index (χ2n) is 6.58. The van der Waals surface area contributed by atoms with Crippen molar-refractivity contribution in [3.05, 3.63) is 24.2 Å². The molecule has 0 radical (unpaired) electrons. The number of unbranched alkanes of at least 4 members (excludes halogenated alkanes) is 1. The standard InChI is InChI=1S/C18H29F3N4O/c1-22-17(23-10-4-3-9-18(19,20)21)24-14-15(16-8-7-13-26-16)25-11-5-2-6-12-25/h7-8,13,15H,2-6,9-12,14H2,1H3,(H2,22,23,24). The van der Waals surface area contributed by atoms with Crippen molar-refractivity contribution in [2.75, 3.05) is 33.2 Å². The zero-order chi connectivity index (χ0) is 18.8. The van der Waals surface area contributed by atoms with Crippen molar-refractivity contribution < 1.29 is 17.6 Å². The van der Waals surface area contributed by atoms with Crippen molar-refractivity contribution in [2.45, 2.75) is 50.7 Å². The van der Waals surface area contributed by atoms with Crippen molar-refractivity contribution in [1.82, 2.24) is 15.5 Å². The number of hydrogen-bond acceptors (Lipinski definition) is 3. The highest BCUT2D eigenvalue weighted by Crippen LogP contribution is 2.24. The SMILES string of the molecule is CN=C(NCCCCC(F)(F)F)NCC(c1ccco1)N1CCCCC1. The first-order valence-corrected chi connectivity index (χ1v) is 9.28. The lowest BCUT2D eigenvalue weighted by atomic mass is 10.1. The summed E-state index contributed by atoms with van der Waals surface area (Å²) in [5.74, 6) is 1.52. The van der Waals surface area contributed by atoms with Crippen molar-refractivity contribution in [2.24, 2.45) is 4.99 Å². The summed E-state index contributed by atoms with van der Waals surface area (Å²) in [6.45, 7) is 3.17. The van der Waals surface area contributed by atoms with Crippen LogP contribution in [0.2, 0.25) is 0 Å². The molecule has 0 aliphatic carbocycles. The summed E-state index contributed by atoms with van der Waals surface area (Å²) in [6, 6.07) is 3.99. The van der Waals surface area contributed by atoms with Gasteiger partial charge in [0.2, 0.25) is 0 Å². The molecule has 1 aromatic rings. The Morgan fingerprint density at radius 1 is 1.23 bits per heavy atom. The van der Waals surface area contributed by atoms with Crippen LogP contribution in [-0.2, 0) is 0 Å². The van der Waals surface area contributed by atoms with Gasteiger partial charge in [0.25, 0.3) is 0 Å². The molecule has 1 saturated heterocycles. The van der Waals surface area contributed by atoms with Gasteiger partial charge >= 0.3 is 6.18 Å². The highest BCUT2D eigenvalue weighted by Gasteiger charge is 2.26. The van der Waals surface area contributed by atoms with Crippen LogP contribution in [0, 0.1) is 0 Å². The largest absolute Gasteiger partial charge is 0.468 e. The maximum absolute atomic E-state index is 12.2. The number of nitrogens with one attached hydrogen (secondary N) is 2. The lowest BCUT2D eigenvalue weighted by molar-refractivity contribution is -0.135. The Kier molecular flexibility index (Phi) is 8.28. The van der Waals surface area contributed by atoms with Crippen LogP contribution < -0.4 is 10.6 Å². The van der Waals surface area contributed by atoms with Gasteiger partial charge in [-0.3, -0.25) is 9.89 Å². The summed E-state index contributed by atoms with van der Waals surface area (Å²) < 4.78 is 42.1. The minimum atomic E-state index is -4.08. The lowest BCUT2D eigenvalue weighted by Gasteiger charge is -2.33. The smallest absolute Gasteiger partial charge is 0.389 e. The molecule has 5 nitrogen and oxygen atoms in total. The first-order valence-electron chi connectivity index (χ1n) is 9.28. The molecule has 0 bridgehead atoms. The molecule has 148 valence electrons. The van der Waals surface area contributed by atoms with Gasteiger partial charge in [-0.25, -0.2) is 0 Å². The van der Waals surface area contributed by atoms with E-state index in [0.717, 1.165) is 18.8 Å². The summed E-state index contributed by atoms with van der Waals surface area (Å²) >= 11 is 0. The average molecular weight is 374 g/mol. The Morgan fingerprint density at radius 2 is 2.00 bits per heavy atom. The molecule has 2 rings (SSSR count). The highest BCUT2D eigenvalue weighted by atomic mass is 19.4. The quantitative estimate of drug-likeness (QED) is 0.414. The van der Waals surface area contributed by atoms with Gasteiger partial charge < -0.3 is 15.1 Å². The molecule has 0 aromatic carbocycles. The maximum atomic E-state index is 12.2. The normalized spacial score (nSPS) is 17.9. The number of piperidine rings is 1. The van der Waals surface area contributed by atoms with Crippen molar-refractivity contribution in [3.63, 3.8) is 0 Å². The predicted octanol–water partition coefficient (Wildman–Crippen LogP) is 3.70. The molecule has 2 N–H and O–H groups in total. The first-order chi connectivity index (χ1) is 12.5. The molecular formula is C18H29F3N4O. The predicted molar refractivity (Wildman–Crippen MR) is 96.1 cm³/mol. The van der Waals surface area contributed by atoms with Gasteiger partial charge in [-0.2, -0.15) is 13.2 Å². The van der Waals surface area contributed by atoms with E-state index >= 15 is 0 Å². The molecule has 1 aromatic heterocycles. The van der Waals surface area contributed by atoms with Crippen LogP contribution in [0.3, 0.4) is 0 Å². The average Bonchev–Trinajstić information content (AvgIpc) is 3.14. The molecule has 1 fully saturated rings. The van der Waals surface area contributed by atoms with Gasteiger partial charge in [-0.15, -0.1) is 0 Å². The zero-order valence-corrected chi connectivity index (χ0v) is 15.3. The Labute approximate surface area is 153 Å². The van der Waals surface area contributed by atoms with E-state index in [4.69, 9.17) is 4.42 Å². The Hall–Kier alpha value is -1.70. The van der Waals surface area contributed by atoms with Gasteiger partial charge in [0, 0.05) is 26.6 Å². The Morgan fingerprint density at radius 3 is 2.62 bits per heavy atom. The fraction of sp³-hybridized carbons (Fsp3) is 0.722. The van der Waals surface area contributed by atoms with E-state index in [1.807, 2.05) is 12.1 Å². The number of alkyl halides is 3. The van der Waals surface area contributed by atoms with Gasteiger partial charge in [-0.05, 0) is 50.9 Å². The number of aliphatic imine (C=N–C) groups is 1. The van der Waals surface area contributed by atoms with Crippen molar-refractivity contribution >= 4 is 5.96 Å². The molecule has 0 amide bonds. The third kappa shape index (κ3) is 7.27. The minimum absolute atomic E-state index is 0.120. The van der Waals surface area contributed by atoms with E-state index in [9.17, 15) is 13.2 Å². The third-order valence-electron chi connectivity index (χ3n) is 4.57. The van der Waals surface area contributed by atoms with Crippen molar-refractivity contribution in [1.29, 1.82) is 0 Å². The highest BCUT2D eigenvalue weighted by molar-refractivity contribution is 5.79. The number of hydrogen-bond donors (Lipinski definition) is 2. The second kappa shape index (κ2) is 10.4. The van der Waals surface area contributed by atoms with E-state index in [2.05, 4.69) is 20.5 Å². The molecular weight excluding hydrogens is 345 g/mol. The van der Waals surface area contributed by atoms with Gasteiger partial charge in [-0.1, -0.05) is 6.42 Å². The lowest BCUT2D eigenvalue weighted by Crippen LogP contribution is -2.44. The van der Waals surface area contributed by atoms with E-state index < -0.39 is 12.6 Å². The van der Waals surface area contributed by atoms with Gasteiger partial charge in [0.1, 0.15) is 5.76 Å². The van der Waals surface area contributed by atoms with E-state index in [0.29, 0.717) is 25.5 Å². The van der Waals surface area contributed by atoms with Crippen LogP contribution in [0.5, 0.6) is 0 Å². The molecule has 1 aliphatic rings. The first kappa shape index (κ1) is 20.6. The van der Waals surface area contributed by atoms with Crippen LogP contribution >= 0.6 is 0 Å². The summed E-state index contributed by atoms with van der Waals surface area (Å²) in [6.07, 6.45) is 1.06. The van der Waals surface area contributed by atoms with Crippen LogP contribution in [0.15, 0.2) is 27.8 Å². The summed E-state index contributed by atoms with van der Waals surface area (Å²) in [7, 11) is 1.66. The Balaban J connectivity index is 1.78. The number of rotatable bonds is 8. The molecule has 2 heterocycles. The molecule has 1 atom stereocenters. The van der Waals surface area contributed by atoms with Crippen LogP contribution in [0.1, 0.15) is 50.3 Å².